The number of carbonyl (C=O) groups is 1. The summed E-state index contributed by atoms with van der Waals surface area (Å²) in [6.45, 7) is 0. The second kappa shape index (κ2) is 7.98. The summed E-state index contributed by atoms with van der Waals surface area (Å²) >= 11 is 0. The molecule has 1 aromatic heterocycles. The van der Waals surface area contributed by atoms with Crippen LogP contribution in [-0.2, 0) is 29.5 Å². The lowest BCUT2D eigenvalue weighted by atomic mass is 9.96. The van der Waals surface area contributed by atoms with Gasteiger partial charge < -0.3 is 0 Å². The summed E-state index contributed by atoms with van der Waals surface area (Å²) in [5, 5.41) is 11.8. The predicted molar refractivity (Wildman–Crippen MR) is 103 cm³/mol. The summed E-state index contributed by atoms with van der Waals surface area (Å²) in [5.41, 5.74) is 1.13. The summed E-state index contributed by atoms with van der Waals surface area (Å²) in [7, 11) is -1.95. The summed E-state index contributed by atoms with van der Waals surface area (Å²) in [6.07, 6.45) is -3.20. The normalized spacial score (nSPS) is 12.2. The highest BCUT2D eigenvalue weighted by Crippen LogP contribution is 2.30. The lowest BCUT2D eigenvalue weighted by molar-refractivity contribution is -0.137. The van der Waals surface area contributed by atoms with Crippen LogP contribution >= 0.6 is 0 Å². The molecule has 2 aromatic carbocycles. The lowest BCUT2D eigenvalue weighted by Gasteiger charge is -2.11. The second-order valence-corrected chi connectivity index (χ2v) is 8.98. The Labute approximate surface area is 170 Å². The van der Waals surface area contributed by atoms with Crippen LogP contribution in [0.1, 0.15) is 27.0 Å². The Morgan fingerprint density at radius 1 is 1.10 bits per heavy atom. The molecule has 0 aliphatic heterocycles. The molecule has 0 N–H and O–H groups in total. The first-order valence-corrected chi connectivity index (χ1v) is 10.7. The minimum absolute atomic E-state index is 0.166. The zero-order valence-corrected chi connectivity index (χ0v) is 16.8. The third-order valence-electron chi connectivity index (χ3n) is 4.25. The van der Waals surface area contributed by atoms with Gasteiger partial charge in [-0.3, -0.25) is 4.79 Å². The Hall–Kier alpha value is -3.08. The molecule has 3 rings (SSSR count). The van der Waals surface area contributed by atoms with E-state index >= 15 is 0 Å². The number of rotatable bonds is 6. The van der Waals surface area contributed by atoms with E-state index in [0.29, 0.717) is 16.7 Å². The molecule has 0 atom stereocenters. The van der Waals surface area contributed by atoms with Gasteiger partial charge in [-0.05, 0) is 41.0 Å². The zero-order chi connectivity index (χ0) is 22.1. The molecule has 0 fully saturated rings. The van der Waals surface area contributed by atoms with E-state index < -0.39 is 33.1 Å². The topological polar surface area (TPSA) is 94.8 Å². The Bertz CT molecular complexity index is 1190. The van der Waals surface area contributed by atoms with Crippen LogP contribution in [0.4, 0.5) is 13.2 Å². The monoisotopic (exact) mass is 438 g/mol. The molecule has 0 unspecified atom stereocenters. The fraction of sp³-hybridized carbons (Fsp3) is 0.263. The number of nitrogens with zero attached hydrogens (tertiary/aromatic N) is 4. The maximum absolute atomic E-state index is 12.8. The first-order valence-electron chi connectivity index (χ1n) is 8.67. The number of benzene rings is 2. The smallest absolute Gasteiger partial charge is 0.293 e. The van der Waals surface area contributed by atoms with Crippen molar-refractivity contribution in [3.05, 3.63) is 64.7 Å². The van der Waals surface area contributed by atoms with Crippen molar-refractivity contribution in [3.63, 3.8) is 0 Å². The molecule has 0 spiro atoms. The number of tetrazole rings is 1. The van der Waals surface area contributed by atoms with Crippen molar-refractivity contribution in [2.24, 2.45) is 7.05 Å². The van der Waals surface area contributed by atoms with Gasteiger partial charge in [0.2, 0.25) is 5.82 Å². The summed E-state index contributed by atoms with van der Waals surface area (Å²) in [6, 6.07) is 9.31. The number of ketones is 1. The molecule has 11 heteroatoms. The van der Waals surface area contributed by atoms with E-state index in [1.54, 1.807) is 13.1 Å². The van der Waals surface area contributed by atoms with Crippen LogP contribution < -0.4 is 0 Å². The van der Waals surface area contributed by atoms with E-state index in [9.17, 15) is 26.4 Å². The summed E-state index contributed by atoms with van der Waals surface area (Å²) < 4.78 is 61.2. The molecular weight excluding hydrogens is 421 g/mol. The summed E-state index contributed by atoms with van der Waals surface area (Å²) in [4.78, 5) is 13.5. The molecule has 30 heavy (non-hydrogen) atoms. The van der Waals surface area contributed by atoms with Gasteiger partial charge in [0, 0.05) is 17.4 Å². The first kappa shape index (κ1) is 21.6. The predicted octanol–water partition coefficient (Wildman–Crippen LogP) is 2.71. The molecule has 0 aliphatic carbocycles. The highest BCUT2D eigenvalue weighted by atomic mass is 32.2. The van der Waals surface area contributed by atoms with Crippen LogP contribution in [0.3, 0.4) is 0 Å². The van der Waals surface area contributed by atoms with Gasteiger partial charge in [-0.25, -0.2) is 8.42 Å². The van der Waals surface area contributed by atoms with Crippen molar-refractivity contribution in [2.45, 2.75) is 12.6 Å². The fourth-order valence-electron chi connectivity index (χ4n) is 2.86. The largest absolute Gasteiger partial charge is 0.416 e. The van der Waals surface area contributed by atoms with Gasteiger partial charge in [0.1, 0.15) is 5.75 Å². The molecule has 1 heterocycles. The van der Waals surface area contributed by atoms with E-state index in [0.717, 1.165) is 18.4 Å². The van der Waals surface area contributed by atoms with Gasteiger partial charge in [0.15, 0.2) is 15.6 Å². The number of carbonyl (C=O) groups excluding carboxylic acids is 1. The van der Waals surface area contributed by atoms with Gasteiger partial charge in [-0.1, -0.05) is 24.3 Å². The number of aromatic nitrogens is 4. The van der Waals surface area contributed by atoms with E-state index in [1.807, 2.05) is 0 Å². The summed E-state index contributed by atoms with van der Waals surface area (Å²) in [5.74, 6) is -1.00. The van der Waals surface area contributed by atoms with Crippen molar-refractivity contribution >= 4 is 15.6 Å². The zero-order valence-electron chi connectivity index (χ0n) is 16.0. The van der Waals surface area contributed by atoms with Crippen LogP contribution in [0.2, 0.25) is 0 Å². The average Bonchev–Trinajstić information content (AvgIpc) is 3.06. The van der Waals surface area contributed by atoms with Crippen LogP contribution in [0.15, 0.2) is 42.5 Å². The number of alkyl halides is 3. The lowest BCUT2D eigenvalue weighted by Crippen LogP contribution is -2.15. The molecule has 0 amide bonds. The van der Waals surface area contributed by atoms with E-state index in [-0.39, 0.29) is 17.8 Å². The van der Waals surface area contributed by atoms with Crippen molar-refractivity contribution in [3.8, 4) is 11.4 Å². The molecule has 0 radical (unpaired) electrons. The second-order valence-electron chi connectivity index (χ2n) is 6.84. The van der Waals surface area contributed by atoms with Gasteiger partial charge >= 0.3 is 6.18 Å². The van der Waals surface area contributed by atoms with Crippen LogP contribution in [-0.4, -0.2) is 46.4 Å². The van der Waals surface area contributed by atoms with Gasteiger partial charge in [-0.2, -0.15) is 18.0 Å². The number of sulfone groups is 1. The molecule has 158 valence electrons. The molecule has 0 saturated carbocycles. The molecule has 0 saturated heterocycles. The molecule has 0 aliphatic rings. The third kappa shape index (κ3) is 5.29. The number of hydrogen-bond acceptors (Lipinski definition) is 6. The third-order valence-corrected chi connectivity index (χ3v) is 5.04. The molecular formula is C19H17F3N4O3S. The maximum Gasteiger partial charge on any atom is 0.416 e. The van der Waals surface area contributed by atoms with Crippen LogP contribution in [0.25, 0.3) is 11.4 Å². The minimum atomic E-state index is -4.42. The van der Waals surface area contributed by atoms with Gasteiger partial charge in [0.25, 0.3) is 0 Å². The average molecular weight is 438 g/mol. The van der Waals surface area contributed by atoms with E-state index in [1.165, 1.54) is 29.1 Å². The van der Waals surface area contributed by atoms with Gasteiger partial charge in [-0.15, -0.1) is 10.2 Å². The number of hydrogen-bond donors (Lipinski definition) is 0. The van der Waals surface area contributed by atoms with Crippen molar-refractivity contribution in [1.82, 2.24) is 20.2 Å². The molecule has 0 bridgehead atoms. The highest BCUT2D eigenvalue weighted by Gasteiger charge is 2.30. The maximum atomic E-state index is 12.8. The number of Topliss-reactive ketones (excluding diaryl/α,β-unsaturated/α-hetero) is 1. The standard InChI is InChI=1S/C19H17F3N4O3S/c1-26-24-18(23-25-26)16-10-14(17(27)11-30(2,28)29)6-5-13(16)9-12-3-7-15(8-4-12)19(20,21)22/h3-8,10H,9,11H2,1-2H3. The van der Waals surface area contributed by atoms with Crippen LogP contribution in [0.5, 0.6) is 0 Å². The quantitative estimate of drug-likeness (QED) is 0.550. The highest BCUT2D eigenvalue weighted by molar-refractivity contribution is 7.91. The Kier molecular flexibility index (Phi) is 5.75. The number of halogens is 3. The number of aryl methyl sites for hydroxylation is 1. The Morgan fingerprint density at radius 2 is 1.77 bits per heavy atom. The van der Waals surface area contributed by atoms with Crippen molar-refractivity contribution in [2.75, 3.05) is 12.0 Å². The van der Waals surface area contributed by atoms with Crippen molar-refractivity contribution in [1.29, 1.82) is 0 Å². The molecule has 3 aromatic rings. The minimum Gasteiger partial charge on any atom is -0.293 e. The van der Waals surface area contributed by atoms with Crippen LogP contribution in [0, 0.1) is 0 Å². The SMILES string of the molecule is Cn1nnc(-c2cc(C(=O)CS(C)(=O)=O)ccc2Cc2ccc(C(F)(F)F)cc2)n1. The molecule has 7 nitrogen and oxygen atoms in total. The first-order chi connectivity index (χ1) is 13.9. The van der Waals surface area contributed by atoms with Crippen molar-refractivity contribution < 1.29 is 26.4 Å². The van der Waals surface area contributed by atoms with E-state index in [2.05, 4.69) is 15.4 Å². The Balaban J connectivity index is 1.98. The Morgan fingerprint density at radius 3 is 2.30 bits per heavy atom. The van der Waals surface area contributed by atoms with Gasteiger partial charge in [0.05, 0.1) is 12.6 Å². The fourth-order valence-corrected chi connectivity index (χ4v) is 3.50. The van der Waals surface area contributed by atoms with E-state index in [4.69, 9.17) is 0 Å².